The maximum absolute atomic E-state index is 12.3. The van der Waals surface area contributed by atoms with Gasteiger partial charge in [0.15, 0.2) is 0 Å². The zero-order chi connectivity index (χ0) is 27.8. The van der Waals surface area contributed by atoms with Crippen LogP contribution in [0.5, 0.6) is 5.75 Å². The summed E-state index contributed by atoms with van der Waals surface area (Å²) in [6, 6.07) is 19.3. The fourth-order valence-corrected chi connectivity index (χ4v) is 6.07. The lowest BCUT2D eigenvalue weighted by Gasteiger charge is -2.15. The largest absolute Gasteiger partial charge is 0.493 e. The molecule has 0 saturated heterocycles. The number of rotatable bonds is 14. The Morgan fingerprint density at radius 3 is 2.11 bits per heavy atom. The predicted octanol–water partition coefficient (Wildman–Crippen LogP) is 7.51. The molecule has 0 bridgehead atoms. The van der Waals surface area contributed by atoms with Crippen LogP contribution in [0.15, 0.2) is 66.7 Å². The van der Waals surface area contributed by atoms with Crippen LogP contribution in [-0.4, -0.2) is 16.4 Å². The van der Waals surface area contributed by atoms with E-state index in [0.29, 0.717) is 35.2 Å². The third kappa shape index (κ3) is 9.02. The van der Waals surface area contributed by atoms with E-state index < -0.39 is 21.4 Å². The van der Waals surface area contributed by atoms with Gasteiger partial charge in [0.2, 0.25) is 0 Å². The summed E-state index contributed by atoms with van der Waals surface area (Å²) in [4.78, 5) is 19.7. The molecule has 0 aromatic heterocycles. The number of hydrogen-bond acceptors (Lipinski definition) is 6. The maximum atomic E-state index is 12.3. The average Bonchev–Trinajstić information content (AvgIpc) is 2.88. The van der Waals surface area contributed by atoms with Crippen LogP contribution in [-0.2, 0) is 36.3 Å². The molecular weight excluding hydrogens is 556 g/mol. The molecule has 2 N–H and O–H groups in total. The molecule has 3 aromatic rings. The Morgan fingerprint density at radius 1 is 0.842 bits per heavy atom. The van der Waals surface area contributed by atoms with Crippen LogP contribution in [0.3, 0.4) is 0 Å². The summed E-state index contributed by atoms with van der Waals surface area (Å²) < 4.78 is 60.4. The first-order chi connectivity index (χ1) is 18.0. The van der Waals surface area contributed by atoms with Gasteiger partial charge in [0.1, 0.15) is 11.1 Å². The van der Waals surface area contributed by atoms with Gasteiger partial charge in [0, 0.05) is 11.5 Å². The SMILES string of the molecule is CC(C)CCOc1ccc(-c2ccc(CSCc3cccc(CP(=O)(OF)OF)c3)cc2)cc1P(=O)(O)O. The van der Waals surface area contributed by atoms with E-state index in [2.05, 4.69) is 9.46 Å². The van der Waals surface area contributed by atoms with E-state index in [1.54, 1.807) is 42.1 Å². The van der Waals surface area contributed by atoms with E-state index in [1.807, 2.05) is 44.2 Å². The highest BCUT2D eigenvalue weighted by atomic mass is 32.2. The van der Waals surface area contributed by atoms with Crippen LogP contribution < -0.4 is 10.0 Å². The van der Waals surface area contributed by atoms with Crippen molar-refractivity contribution in [1.29, 1.82) is 0 Å². The normalized spacial score (nSPS) is 12.2. The van der Waals surface area contributed by atoms with Gasteiger partial charge in [-0.3, -0.25) is 9.13 Å². The Hall–Kier alpha value is -2.03. The first-order valence-electron chi connectivity index (χ1n) is 11.8. The Morgan fingerprint density at radius 2 is 1.47 bits per heavy atom. The Labute approximate surface area is 225 Å². The van der Waals surface area contributed by atoms with Crippen molar-refractivity contribution in [3.63, 3.8) is 0 Å². The molecule has 7 nitrogen and oxygen atoms in total. The number of ether oxygens (including phenoxy) is 1. The Balaban J connectivity index is 1.63. The molecule has 3 rings (SSSR count). The summed E-state index contributed by atoms with van der Waals surface area (Å²) in [5.74, 6) is 1.89. The number of benzene rings is 3. The summed E-state index contributed by atoms with van der Waals surface area (Å²) >= 11 is 1.62. The van der Waals surface area contributed by atoms with Gasteiger partial charge in [0.25, 0.3) is 0 Å². The molecule has 0 radical (unpaired) electrons. The molecule has 206 valence electrons. The molecule has 0 unspecified atom stereocenters. The lowest BCUT2D eigenvalue weighted by atomic mass is 10.0. The number of hydrogen-bond donors (Lipinski definition) is 2. The minimum atomic E-state index is -4.53. The van der Waals surface area contributed by atoms with Crippen molar-refractivity contribution in [2.24, 2.45) is 5.92 Å². The third-order valence-corrected chi connectivity index (χ3v) is 8.85. The van der Waals surface area contributed by atoms with Crippen molar-refractivity contribution in [3.8, 4) is 16.9 Å². The van der Waals surface area contributed by atoms with Gasteiger partial charge >= 0.3 is 15.2 Å². The lowest BCUT2D eigenvalue weighted by molar-refractivity contribution is -0.0881. The van der Waals surface area contributed by atoms with Crippen LogP contribution in [0.2, 0.25) is 0 Å². The fraction of sp³-hybridized carbons (Fsp3) is 0.308. The van der Waals surface area contributed by atoms with Crippen LogP contribution in [0.25, 0.3) is 11.1 Å². The lowest BCUT2D eigenvalue weighted by Crippen LogP contribution is -2.12. The molecule has 0 aliphatic rings. The van der Waals surface area contributed by atoms with Gasteiger partial charge in [0.05, 0.1) is 12.8 Å². The third-order valence-electron chi connectivity index (χ3n) is 5.63. The fourth-order valence-electron chi connectivity index (χ4n) is 3.63. The van der Waals surface area contributed by atoms with E-state index in [4.69, 9.17) is 4.74 Å². The second-order valence-electron chi connectivity index (χ2n) is 9.17. The minimum Gasteiger partial charge on any atom is -0.493 e. The van der Waals surface area contributed by atoms with Crippen LogP contribution in [0, 0.1) is 5.92 Å². The molecule has 0 amide bonds. The van der Waals surface area contributed by atoms with Crippen molar-refractivity contribution in [2.75, 3.05) is 6.61 Å². The first kappa shape index (κ1) is 30.5. The van der Waals surface area contributed by atoms with E-state index in [9.17, 15) is 28.0 Å². The quantitative estimate of drug-likeness (QED) is 0.187. The van der Waals surface area contributed by atoms with Crippen LogP contribution in [0.1, 0.15) is 37.0 Å². The van der Waals surface area contributed by atoms with E-state index in [1.165, 1.54) is 6.07 Å². The second kappa shape index (κ2) is 13.9. The Bertz CT molecular complexity index is 1290. The standard InChI is InChI=1S/C26H30F2O7P2S/c1-19(2)12-13-33-25-11-10-24(15-26(25)37(30,31)32)23-8-6-20(7-9-23)17-38-18-22-5-3-4-21(14-22)16-36(29,34-27)35-28/h3-11,14-15,19H,12-13,16-18H2,1-2H3,(H2,30,31,32). The van der Waals surface area contributed by atoms with Gasteiger partial charge in [-0.15, -0.1) is 9.46 Å². The number of thioether (sulfide) groups is 1. The van der Waals surface area contributed by atoms with Crippen LogP contribution in [0.4, 0.5) is 9.05 Å². The monoisotopic (exact) mass is 586 g/mol. The second-order valence-corrected chi connectivity index (χ2v) is 13.5. The maximum Gasteiger partial charge on any atom is 0.399 e. The van der Waals surface area contributed by atoms with E-state index in [-0.39, 0.29) is 11.1 Å². The van der Waals surface area contributed by atoms with Crippen molar-refractivity contribution in [3.05, 3.63) is 83.4 Å². The van der Waals surface area contributed by atoms with Gasteiger partial charge in [-0.05, 0) is 61.3 Å². The van der Waals surface area contributed by atoms with Gasteiger partial charge in [-0.2, -0.15) is 11.8 Å². The van der Waals surface area contributed by atoms with Crippen molar-refractivity contribution < 1.29 is 42.2 Å². The number of halogens is 2. The Kier molecular flexibility index (Phi) is 11.1. The van der Waals surface area contributed by atoms with Gasteiger partial charge in [-0.25, -0.2) is 0 Å². The first-order valence-corrected chi connectivity index (χ1v) is 16.3. The molecule has 0 saturated carbocycles. The van der Waals surface area contributed by atoms with E-state index in [0.717, 1.165) is 23.1 Å². The highest BCUT2D eigenvalue weighted by Gasteiger charge is 2.28. The summed E-state index contributed by atoms with van der Waals surface area (Å²) in [6.07, 6.45) is 0.256. The molecule has 0 aliphatic carbocycles. The molecule has 12 heteroatoms. The van der Waals surface area contributed by atoms with Gasteiger partial charge in [-0.1, -0.05) is 68.4 Å². The van der Waals surface area contributed by atoms with Crippen molar-refractivity contribution in [1.82, 2.24) is 0 Å². The highest BCUT2D eigenvalue weighted by Crippen LogP contribution is 2.52. The van der Waals surface area contributed by atoms with E-state index >= 15 is 0 Å². The summed E-state index contributed by atoms with van der Waals surface area (Å²) in [7, 11) is -8.98. The minimum absolute atomic E-state index is 0.131. The molecule has 0 spiro atoms. The predicted molar refractivity (Wildman–Crippen MR) is 146 cm³/mol. The van der Waals surface area contributed by atoms with Crippen molar-refractivity contribution in [2.45, 2.75) is 37.9 Å². The van der Waals surface area contributed by atoms with Crippen LogP contribution >= 0.6 is 27.0 Å². The molecule has 0 aliphatic heterocycles. The molecular formula is C26H30F2O7P2S. The topological polar surface area (TPSA) is 102 Å². The molecule has 0 fully saturated rings. The zero-order valence-corrected chi connectivity index (χ0v) is 23.6. The summed E-state index contributed by atoms with van der Waals surface area (Å²) in [5, 5.41) is -0.131. The molecule has 0 atom stereocenters. The molecule has 0 heterocycles. The van der Waals surface area contributed by atoms with Gasteiger partial charge < -0.3 is 14.5 Å². The smallest absolute Gasteiger partial charge is 0.399 e. The van der Waals surface area contributed by atoms with Crippen molar-refractivity contribution >= 4 is 32.3 Å². The summed E-state index contributed by atoms with van der Waals surface area (Å²) in [6.45, 7) is 4.47. The zero-order valence-electron chi connectivity index (χ0n) is 21.0. The molecule has 38 heavy (non-hydrogen) atoms. The summed E-state index contributed by atoms with van der Waals surface area (Å²) in [5.41, 5.74) is 3.83. The molecule has 3 aromatic carbocycles. The highest BCUT2D eigenvalue weighted by molar-refractivity contribution is 7.97. The average molecular weight is 587 g/mol.